The van der Waals surface area contributed by atoms with Gasteiger partial charge in [-0.15, -0.1) is 0 Å². The van der Waals surface area contributed by atoms with Crippen LogP contribution in [-0.2, 0) is 12.8 Å². The zero-order valence-electron chi connectivity index (χ0n) is 19.3. The Morgan fingerprint density at radius 3 is 2.33 bits per heavy atom. The van der Waals surface area contributed by atoms with Crippen LogP contribution >= 0.6 is 0 Å². The maximum Gasteiger partial charge on any atom is 0.252 e. The van der Waals surface area contributed by atoms with Gasteiger partial charge in [0.05, 0.1) is 5.69 Å². The zero-order chi connectivity index (χ0) is 23.4. The fourth-order valence-electron chi connectivity index (χ4n) is 4.04. The number of rotatable bonds is 8. The first-order valence-electron chi connectivity index (χ1n) is 11.1. The highest BCUT2D eigenvalue weighted by atomic mass is 16.3. The molecule has 0 aliphatic rings. The molecule has 0 aliphatic carbocycles. The average molecular weight is 443 g/mol. The molecular formula is C27H30N4O2. The highest BCUT2D eigenvalue weighted by Crippen LogP contribution is 2.18. The lowest BCUT2D eigenvalue weighted by atomic mass is 10.0. The average Bonchev–Trinajstić information content (AvgIpc) is 2.79. The third-order valence-corrected chi connectivity index (χ3v) is 5.97. The predicted octanol–water partition coefficient (Wildman–Crippen LogP) is 3.83. The molecule has 3 aromatic carbocycles. The maximum atomic E-state index is 12.4. The smallest absolute Gasteiger partial charge is 0.252 e. The Morgan fingerprint density at radius 2 is 1.61 bits per heavy atom. The van der Waals surface area contributed by atoms with Gasteiger partial charge in [0, 0.05) is 32.1 Å². The van der Waals surface area contributed by atoms with Gasteiger partial charge in [0.1, 0.15) is 5.75 Å². The Bertz CT molecular complexity index is 1280. The molecule has 1 aromatic heterocycles. The highest BCUT2D eigenvalue weighted by molar-refractivity contribution is 5.83. The second-order valence-corrected chi connectivity index (χ2v) is 8.79. The minimum Gasteiger partial charge on any atom is -0.508 e. The van der Waals surface area contributed by atoms with Gasteiger partial charge in [-0.3, -0.25) is 9.78 Å². The number of hydrogen-bond acceptors (Lipinski definition) is 5. The van der Waals surface area contributed by atoms with Crippen LogP contribution in [0.2, 0.25) is 0 Å². The van der Waals surface area contributed by atoms with Crippen molar-refractivity contribution in [1.82, 2.24) is 14.9 Å². The van der Waals surface area contributed by atoms with E-state index in [9.17, 15) is 9.90 Å². The summed E-state index contributed by atoms with van der Waals surface area (Å²) in [6.45, 7) is 0.691. The summed E-state index contributed by atoms with van der Waals surface area (Å²) in [6.07, 6.45) is 1.42. The lowest BCUT2D eigenvalue weighted by Gasteiger charge is -2.29. The molecule has 1 heterocycles. The molecule has 0 saturated heterocycles. The third kappa shape index (κ3) is 5.79. The number of nitrogens with zero attached hydrogens (tertiary/aromatic N) is 3. The van der Waals surface area contributed by atoms with Crippen LogP contribution in [0.1, 0.15) is 16.8 Å². The van der Waals surface area contributed by atoms with Crippen molar-refractivity contribution in [2.45, 2.75) is 18.9 Å². The van der Waals surface area contributed by atoms with Crippen molar-refractivity contribution in [3.63, 3.8) is 0 Å². The summed E-state index contributed by atoms with van der Waals surface area (Å²) < 4.78 is 0. The molecule has 6 nitrogen and oxygen atoms in total. The minimum atomic E-state index is -0.150. The van der Waals surface area contributed by atoms with Gasteiger partial charge in [-0.25, -0.2) is 4.98 Å². The van der Waals surface area contributed by atoms with E-state index in [2.05, 4.69) is 40.2 Å². The number of nitrogens with one attached hydrogen (secondary N) is 1. The van der Waals surface area contributed by atoms with Crippen molar-refractivity contribution in [2.75, 3.05) is 32.6 Å². The molecule has 4 aromatic rings. The molecule has 0 bridgehead atoms. The summed E-state index contributed by atoms with van der Waals surface area (Å²) in [5, 5.41) is 11.9. The standard InChI is InChI=1S/C27H30N4O2/c1-30(2)24(16-19-9-12-25(32)13-10-19)18-31(3)27-28-23(17-26(33)29-27)15-20-8-11-21-6-4-5-7-22(21)14-20/h4-14,17,24,32H,15-16,18H2,1-3H3,(H,28,29,33)/t24-/m0/s1. The van der Waals surface area contributed by atoms with Crippen LogP contribution in [-0.4, -0.2) is 53.7 Å². The van der Waals surface area contributed by atoms with Gasteiger partial charge >= 0.3 is 0 Å². The monoisotopic (exact) mass is 442 g/mol. The summed E-state index contributed by atoms with van der Waals surface area (Å²) in [5.41, 5.74) is 2.86. The Morgan fingerprint density at radius 1 is 0.909 bits per heavy atom. The van der Waals surface area contributed by atoms with Crippen LogP contribution in [0.15, 0.2) is 77.6 Å². The van der Waals surface area contributed by atoms with Crippen LogP contribution in [0.3, 0.4) is 0 Å². The summed E-state index contributed by atoms with van der Waals surface area (Å²) in [4.78, 5) is 24.2. The Kier molecular flexibility index (Phi) is 6.75. The van der Waals surface area contributed by atoms with E-state index >= 15 is 0 Å². The molecule has 1 atom stereocenters. The van der Waals surface area contributed by atoms with Crippen molar-refractivity contribution < 1.29 is 5.11 Å². The van der Waals surface area contributed by atoms with Crippen LogP contribution in [0, 0.1) is 0 Å². The molecule has 0 saturated carbocycles. The lowest BCUT2D eigenvalue weighted by molar-refractivity contribution is 0.294. The van der Waals surface area contributed by atoms with E-state index in [0.29, 0.717) is 18.9 Å². The molecule has 0 unspecified atom stereocenters. The Labute approximate surface area is 194 Å². The van der Waals surface area contributed by atoms with E-state index in [4.69, 9.17) is 4.98 Å². The van der Waals surface area contributed by atoms with Gasteiger partial charge in [0.15, 0.2) is 0 Å². The van der Waals surface area contributed by atoms with Crippen molar-refractivity contribution >= 4 is 16.7 Å². The summed E-state index contributed by atoms with van der Waals surface area (Å²) in [5.74, 6) is 0.832. The molecular weight excluding hydrogens is 412 g/mol. The topological polar surface area (TPSA) is 72.5 Å². The number of phenolic OH excluding ortho intramolecular Hbond substituents is 1. The van der Waals surface area contributed by atoms with Crippen LogP contribution in [0.25, 0.3) is 10.8 Å². The maximum absolute atomic E-state index is 12.4. The molecule has 6 heteroatoms. The molecule has 33 heavy (non-hydrogen) atoms. The molecule has 170 valence electrons. The van der Waals surface area contributed by atoms with Crippen molar-refractivity contribution in [3.05, 3.63) is 100.0 Å². The zero-order valence-corrected chi connectivity index (χ0v) is 19.3. The first-order valence-corrected chi connectivity index (χ1v) is 11.1. The van der Waals surface area contributed by atoms with Gasteiger partial charge in [-0.05, 0) is 54.5 Å². The third-order valence-electron chi connectivity index (χ3n) is 5.97. The number of aromatic hydroxyl groups is 1. The number of fused-ring (bicyclic) bond motifs is 1. The van der Waals surface area contributed by atoms with Gasteiger partial charge < -0.3 is 14.9 Å². The summed E-state index contributed by atoms with van der Waals surface area (Å²) >= 11 is 0. The quantitative estimate of drug-likeness (QED) is 0.434. The largest absolute Gasteiger partial charge is 0.508 e. The summed E-state index contributed by atoms with van der Waals surface area (Å²) in [6, 6.07) is 23.7. The van der Waals surface area contributed by atoms with E-state index in [1.807, 2.05) is 50.3 Å². The number of anilines is 1. The number of aromatic nitrogens is 2. The van der Waals surface area contributed by atoms with E-state index in [-0.39, 0.29) is 17.4 Å². The lowest BCUT2D eigenvalue weighted by Crippen LogP contribution is -2.41. The van der Waals surface area contributed by atoms with E-state index < -0.39 is 0 Å². The molecule has 0 aliphatic heterocycles. The van der Waals surface area contributed by atoms with Gasteiger partial charge in [0.25, 0.3) is 5.56 Å². The number of likely N-dealkylation sites (N-methyl/N-ethyl adjacent to an activating group) is 2. The fourth-order valence-corrected chi connectivity index (χ4v) is 4.04. The van der Waals surface area contributed by atoms with E-state index in [0.717, 1.165) is 23.2 Å². The minimum absolute atomic E-state index is 0.150. The highest BCUT2D eigenvalue weighted by Gasteiger charge is 2.17. The van der Waals surface area contributed by atoms with Gasteiger partial charge in [-0.1, -0.05) is 54.6 Å². The second kappa shape index (κ2) is 9.88. The molecule has 0 spiro atoms. The van der Waals surface area contributed by atoms with Crippen LogP contribution in [0.4, 0.5) is 5.95 Å². The van der Waals surface area contributed by atoms with Crippen molar-refractivity contribution in [3.8, 4) is 5.75 Å². The van der Waals surface area contributed by atoms with E-state index in [1.165, 1.54) is 10.8 Å². The Balaban J connectivity index is 1.51. The van der Waals surface area contributed by atoms with Crippen molar-refractivity contribution in [1.29, 1.82) is 0 Å². The molecule has 0 radical (unpaired) electrons. The fraction of sp³-hybridized carbons (Fsp3) is 0.259. The first kappa shape index (κ1) is 22.6. The summed E-state index contributed by atoms with van der Waals surface area (Å²) in [7, 11) is 6.04. The molecule has 4 rings (SSSR count). The van der Waals surface area contributed by atoms with Crippen LogP contribution < -0.4 is 10.5 Å². The number of aromatic amines is 1. The molecule has 0 fully saturated rings. The number of phenols is 1. The predicted molar refractivity (Wildman–Crippen MR) is 134 cm³/mol. The van der Waals surface area contributed by atoms with Crippen molar-refractivity contribution in [2.24, 2.45) is 0 Å². The Hall–Kier alpha value is -3.64. The number of hydrogen-bond donors (Lipinski definition) is 2. The number of benzene rings is 3. The number of H-pyrrole nitrogens is 1. The molecule has 2 N–H and O–H groups in total. The van der Waals surface area contributed by atoms with Gasteiger partial charge in [-0.2, -0.15) is 0 Å². The first-order chi connectivity index (χ1) is 15.9. The normalized spacial score (nSPS) is 12.2. The SMILES string of the molecule is CN(C[C@H](Cc1ccc(O)cc1)N(C)C)c1nc(Cc2ccc3ccccc3c2)cc(=O)[nH]1. The second-order valence-electron chi connectivity index (χ2n) is 8.79. The molecule has 0 amide bonds. The van der Waals surface area contributed by atoms with Crippen LogP contribution in [0.5, 0.6) is 5.75 Å². The van der Waals surface area contributed by atoms with Gasteiger partial charge in [0.2, 0.25) is 5.95 Å². The van der Waals surface area contributed by atoms with E-state index in [1.54, 1.807) is 18.2 Å².